The van der Waals surface area contributed by atoms with Crippen LogP contribution in [0, 0.1) is 0 Å². The summed E-state index contributed by atoms with van der Waals surface area (Å²) in [7, 11) is 0. The first kappa shape index (κ1) is 21.4. The van der Waals surface area contributed by atoms with Gasteiger partial charge >= 0.3 is 0 Å². The van der Waals surface area contributed by atoms with Crippen LogP contribution in [-0.4, -0.2) is 29.9 Å². The molecule has 3 N–H and O–H groups in total. The topological polar surface area (TPSA) is 97.6 Å². The number of benzene rings is 2. The minimum atomic E-state index is -0.531. The minimum Gasteiger partial charge on any atom is -0.489 e. The van der Waals surface area contributed by atoms with Crippen molar-refractivity contribution in [1.82, 2.24) is 4.98 Å². The lowest BCUT2D eigenvalue weighted by Crippen LogP contribution is -2.30. The average Bonchev–Trinajstić information content (AvgIpc) is 2.84. The quantitative estimate of drug-likeness (QED) is 0.590. The predicted molar refractivity (Wildman–Crippen MR) is 124 cm³/mol. The van der Waals surface area contributed by atoms with Crippen molar-refractivity contribution >= 4 is 23.2 Å². The Bertz CT molecular complexity index is 1100. The summed E-state index contributed by atoms with van der Waals surface area (Å²) < 4.78 is 5.81. The maximum atomic E-state index is 13.0. The Morgan fingerprint density at radius 2 is 1.84 bits per heavy atom. The van der Waals surface area contributed by atoms with Crippen LogP contribution in [0.1, 0.15) is 45.5 Å². The van der Waals surface area contributed by atoms with Crippen molar-refractivity contribution in [2.75, 3.05) is 23.3 Å². The zero-order chi connectivity index (χ0) is 22.3. The number of amides is 2. The first-order valence-corrected chi connectivity index (χ1v) is 10.7. The Balaban J connectivity index is 1.52. The molecule has 0 bridgehead atoms. The molecule has 7 heteroatoms. The number of piperidine rings is 1. The molecule has 2 heterocycles. The summed E-state index contributed by atoms with van der Waals surface area (Å²) in [6.07, 6.45) is 6.84. The highest BCUT2D eigenvalue weighted by atomic mass is 16.5. The molecule has 32 heavy (non-hydrogen) atoms. The molecule has 1 saturated heterocycles. The van der Waals surface area contributed by atoms with Crippen LogP contribution < -0.4 is 20.7 Å². The van der Waals surface area contributed by atoms with Gasteiger partial charge in [-0.15, -0.1) is 0 Å². The second-order valence-electron chi connectivity index (χ2n) is 7.78. The number of carbonyl (C=O) groups is 2. The van der Waals surface area contributed by atoms with Gasteiger partial charge in [-0.3, -0.25) is 14.6 Å². The summed E-state index contributed by atoms with van der Waals surface area (Å²) in [4.78, 5) is 31.1. The van der Waals surface area contributed by atoms with E-state index in [2.05, 4.69) is 15.2 Å². The highest BCUT2D eigenvalue weighted by Gasteiger charge is 2.18. The van der Waals surface area contributed by atoms with E-state index in [1.807, 2.05) is 18.2 Å². The normalized spacial score (nSPS) is 13.4. The fraction of sp³-hybridized carbons (Fsp3) is 0.240. The number of nitrogens with zero attached hydrogens (tertiary/aromatic N) is 2. The first-order chi connectivity index (χ1) is 15.6. The summed E-state index contributed by atoms with van der Waals surface area (Å²) in [6.45, 7) is 2.19. The molecule has 1 aliphatic rings. The number of rotatable bonds is 7. The molecule has 2 amide bonds. The van der Waals surface area contributed by atoms with Gasteiger partial charge < -0.3 is 20.7 Å². The van der Waals surface area contributed by atoms with E-state index in [9.17, 15) is 9.59 Å². The molecule has 2 aromatic carbocycles. The number of ether oxygens (including phenoxy) is 1. The third-order valence-electron chi connectivity index (χ3n) is 5.45. The summed E-state index contributed by atoms with van der Waals surface area (Å²) in [5.41, 5.74) is 8.70. The molecular weight excluding hydrogens is 404 g/mol. The van der Waals surface area contributed by atoms with Gasteiger partial charge in [0.25, 0.3) is 5.91 Å². The number of primary amides is 1. The largest absolute Gasteiger partial charge is 0.489 e. The molecule has 0 aliphatic carbocycles. The van der Waals surface area contributed by atoms with Gasteiger partial charge in [-0.2, -0.15) is 0 Å². The predicted octanol–water partition coefficient (Wildman–Crippen LogP) is 4.00. The molecule has 0 unspecified atom stereocenters. The number of nitrogens with one attached hydrogen (secondary N) is 1. The minimum absolute atomic E-state index is 0.281. The van der Waals surface area contributed by atoms with Crippen molar-refractivity contribution in [3.8, 4) is 5.75 Å². The molecule has 4 rings (SSSR count). The van der Waals surface area contributed by atoms with Gasteiger partial charge in [-0.1, -0.05) is 12.1 Å². The molecule has 1 fully saturated rings. The van der Waals surface area contributed by atoms with E-state index < -0.39 is 5.91 Å². The van der Waals surface area contributed by atoms with Crippen LogP contribution in [0.2, 0.25) is 0 Å². The van der Waals surface area contributed by atoms with Gasteiger partial charge in [0.05, 0.1) is 11.4 Å². The zero-order valence-electron chi connectivity index (χ0n) is 17.8. The van der Waals surface area contributed by atoms with E-state index in [0.717, 1.165) is 37.2 Å². The van der Waals surface area contributed by atoms with Crippen LogP contribution in [0.25, 0.3) is 0 Å². The molecule has 3 aromatic rings. The Labute approximate surface area is 187 Å². The van der Waals surface area contributed by atoms with Crippen LogP contribution in [0.15, 0.2) is 67.0 Å². The highest BCUT2D eigenvalue weighted by Crippen LogP contribution is 2.30. The number of hydrogen-bond donors (Lipinski definition) is 2. The molecular formula is C25H26N4O3. The molecule has 0 atom stereocenters. The number of aromatic nitrogens is 1. The third-order valence-corrected chi connectivity index (χ3v) is 5.45. The number of carbonyl (C=O) groups excluding carboxylic acids is 2. The third kappa shape index (κ3) is 5.24. The van der Waals surface area contributed by atoms with E-state index in [0.29, 0.717) is 29.2 Å². The molecule has 0 saturated carbocycles. The van der Waals surface area contributed by atoms with Crippen molar-refractivity contribution in [3.63, 3.8) is 0 Å². The van der Waals surface area contributed by atoms with Crippen molar-refractivity contribution in [1.29, 1.82) is 0 Å². The van der Waals surface area contributed by atoms with Crippen molar-refractivity contribution in [2.24, 2.45) is 5.73 Å². The maximum Gasteiger partial charge on any atom is 0.255 e. The van der Waals surface area contributed by atoms with Crippen LogP contribution in [-0.2, 0) is 6.61 Å². The molecule has 164 valence electrons. The number of pyridine rings is 1. The summed E-state index contributed by atoms with van der Waals surface area (Å²) in [6, 6.07) is 16.0. The summed E-state index contributed by atoms with van der Waals surface area (Å²) >= 11 is 0. The average molecular weight is 431 g/mol. The van der Waals surface area contributed by atoms with Gasteiger partial charge in [0, 0.05) is 42.2 Å². The van der Waals surface area contributed by atoms with Crippen LogP contribution in [0.4, 0.5) is 11.4 Å². The Morgan fingerprint density at radius 1 is 1.00 bits per heavy atom. The van der Waals surface area contributed by atoms with Crippen LogP contribution in [0.5, 0.6) is 5.75 Å². The second kappa shape index (κ2) is 9.96. The smallest absolute Gasteiger partial charge is 0.255 e. The van der Waals surface area contributed by atoms with Gasteiger partial charge in [-0.05, 0) is 61.7 Å². The van der Waals surface area contributed by atoms with E-state index in [4.69, 9.17) is 10.5 Å². The lowest BCUT2D eigenvalue weighted by Gasteiger charge is -2.30. The zero-order valence-corrected chi connectivity index (χ0v) is 17.8. The molecule has 1 aliphatic heterocycles. The molecule has 0 spiro atoms. The number of anilines is 2. The number of hydrogen-bond acceptors (Lipinski definition) is 5. The molecule has 1 aromatic heterocycles. The number of nitrogens with two attached hydrogens (primary N) is 1. The van der Waals surface area contributed by atoms with E-state index in [-0.39, 0.29) is 5.91 Å². The van der Waals surface area contributed by atoms with Gasteiger partial charge in [0.15, 0.2) is 0 Å². The lowest BCUT2D eigenvalue weighted by atomic mass is 10.1. The summed E-state index contributed by atoms with van der Waals surface area (Å²) in [5.74, 6) is -0.225. The molecule has 0 radical (unpaired) electrons. The fourth-order valence-corrected chi connectivity index (χ4v) is 3.77. The Morgan fingerprint density at radius 3 is 2.59 bits per heavy atom. The van der Waals surface area contributed by atoms with Crippen molar-refractivity contribution < 1.29 is 14.3 Å². The fourth-order valence-electron chi connectivity index (χ4n) is 3.77. The highest BCUT2D eigenvalue weighted by molar-refractivity contribution is 6.07. The second-order valence-corrected chi connectivity index (χ2v) is 7.78. The van der Waals surface area contributed by atoms with Crippen molar-refractivity contribution in [2.45, 2.75) is 25.9 Å². The van der Waals surface area contributed by atoms with Crippen LogP contribution in [0.3, 0.4) is 0 Å². The van der Waals surface area contributed by atoms with Crippen LogP contribution >= 0.6 is 0 Å². The van der Waals surface area contributed by atoms with E-state index in [1.54, 1.807) is 48.8 Å². The lowest BCUT2D eigenvalue weighted by molar-refractivity contribution is 0.0996. The first-order valence-electron chi connectivity index (χ1n) is 10.7. The maximum absolute atomic E-state index is 13.0. The van der Waals surface area contributed by atoms with E-state index in [1.165, 1.54) is 6.42 Å². The van der Waals surface area contributed by atoms with Gasteiger partial charge in [-0.25, -0.2) is 0 Å². The van der Waals surface area contributed by atoms with Gasteiger partial charge in [0.2, 0.25) is 5.91 Å². The van der Waals surface area contributed by atoms with Gasteiger partial charge in [0.1, 0.15) is 12.4 Å². The molecule has 7 nitrogen and oxygen atoms in total. The Kier molecular flexibility index (Phi) is 6.65. The monoisotopic (exact) mass is 430 g/mol. The SMILES string of the molecule is NC(=O)c1ccc(N2CCCCC2)c(NC(=O)c2cccc(OCc3cccnc3)c2)c1. The summed E-state index contributed by atoms with van der Waals surface area (Å²) in [5, 5.41) is 2.97. The Hall–Kier alpha value is -3.87. The standard InChI is InChI=1S/C25H26N4O3/c26-24(30)19-9-10-23(29-12-2-1-3-13-29)22(15-19)28-25(31)20-7-4-8-21(14-20)32-17-18-6-5-11-27-16-18/h4-11,14-16H,1-3,12-13,17H2,(H2,26,30)(H,28,31). The van der Waals surface area contributed by atoms with Crippen molar-refractivity contribution in [3.05, 3.63) is 83.7 Å². The van der Waals surface area contributed by atoms with E-state index >= 15 is 0 Å².